The first-order chi connectivity index (χ1) is 20.2. The van der Waals surface area contributed by atoms with E-state index in [1.165, 1.54) is 58.1 Å². The number of rotatable bonds is 7. The predicted molar refractivity (Wildman–Crippen MR) is 154 cm³/mol. The van der Waals surface area contributed by atoms with Crippen LogP contribution in [0.3, 0.4) is 0 Å². The normalized spacial score (nSPS) is 14.6. The average molecular weight is 593 g/mol. The number of halogens is 3. The van der Waals surface area contributed by atoms with E-state index < -0.39 is 12.4 Å². The number of aryl methyl sites for hydroxylation is 1. The molecule has 4 aromatic rings. The maximum atomic E-state index is 12.5. The highest BCUT2D eigenvalue weighted by molar-refractivity contribution is 8.15. The zero-order valence-corrected chi connectivity index (χ0v) is 22.9. The summed E-state index contributed by atoms with van der Waals surface area (Å²) in [4.78, 5) is 34.9. The highest BCUT2D eigenvalue weighted by Crippen LogP contribution is 2.30. The summed E-state index contributed by atoms with van der Waals surface area (Å²) in [6.45, 7) is 2.00. The molecule has 1 saturated heterocycles. The smallest absolute Gasteiger partial charge is 0.406 e. The van der Waals surface area contributed by atoms with Crippen LogP contribution >= 0.6 is 11.8 Å². The number of nitrogens with one attached hydrogen (secondary N) is 1. The van der Waals surface area contributed by atoms with E-state index in [1.807, 2.05) is 43.3 Å². The summed E-state index contributed by atoms with van der Waals surface area (Å²) in [5.41, 5.74) is 3.73. The number of hydrogen-bond acceptors (Lipinski definition) is 6. The molecule has 9 nitrogen and oxygen atoms in total. The van der Waals surface area contributed by atoms with Crippen LogP contribution in [0, 0.1) is 0 Å². The Bertz CT molecular complexity index is 1650. The van der Waals surface area contributed by atoms with Gasteiger partial charge in [0.2, 0.25) is 5.91 Å². The number of hydrogen-bond donors (Lipinski definition) is 1. The average Bonchev–Trinajstić information content (AvgIpc) is 3.60. The van der Waals surface area contributed by atoms with Crippen LogP contribution in [-0.4, -0.2) is 44.0 Å². The molecule has 0 aliphatic carbocycles. The van der Waals surface area contributed by atoms with Gasteiger partial charge in [0.05, 0.1) is 17.1 Å². The van der Waals surface area contributed by atoms with Crippen molar-refractivity contribution in [3.63, 3.8) is 0 Å². The number of anilines is 1. The molecule has 0 spiro atoms. The topological polar surface area (TPSA) is 102 Å². The van der Waals surface area contributed by atoms with E-state index in [4.69, 9.17) is 0 Å². The van der Waals surface area contributed by atoms with E-state index in [2.05, 4.69) is 25.1 Å². The number of nitrogens with zero attached hydrogens (tertiary/aromatic N) is 5. The maximum Gasteiger partial charge on any atom is 0.573 e. The highest BCUT2D eigenvalue weighted by Gasteiger charge is 2.32. The largest absolute Gasteiger partial charge is 0.573 e. The van der Waals surface area contributed by atoms with E-state index in [0.29, 0.717) is 22.2 Å². The quantitative estimate of drug-likeness (QED) is 0.274. The molecule has 0 unspecified atom stereocenters. The number of para-hydroxylation sites is 1. The van der Waals surface area contributed by atoms with Crippen LogP contribution in [0.15, 0.2) is 90.3 Å². The Balaban J connectivity index is 1.20. The number of ether oxygens (including phenoxy) is 1. The maximum absolute atomic E-state index is 12.5. The Morgan fingerprint density at radius 3 is 2.55 bits per heavy atom. The Morgan fingerprint density at radius 2 is 1.83 bits per heavy atom. The van der Waals surface area contributed by atoms with Gasteiger partial charge in [0.15, 0.2) is 11.0 Å². The van der Waals surface area contributed by atoms with Crippen molar-refractivity contribution in [1.29, 1.82) is 0 Å². The number of amidine groups is 1. The SMILES string of the molecule is CCc1ccccc1N1C(=O)CS/C1=N\C(=O)N/C=C/c1ccc(-c2ncn(-c3ccc(OC(F)(F)F)cc3)n2)cc1. The summed E-state index contributed by atoms with van der Waals surface area (Å²) in [6.07, 6.45) is 0.588. The number of benzene rings is 3. The molecule has 1 fully saturated rings. The summed E-state index contributed by atoms with van der Waals surface area (Å²) >= 11 is 1.21. The van der Waals surface area contributed by atoms with E-state index >= 15 is 0 Å². The monoisotopic (exact) mass is 592 g/mol. The summed E-state index contributed by atoms with van der Waals surface area (Å²) in [6, 6.07) is 19.4. The first-order valence-electron chi connectivity index (χ1n) is 12.7. The molecule has 0 saturated carbocycles. The standard InChI is InChI=1S/C29H23F3N6O3S/c1-2-20-5-3-4-6-24(20)38-25(39)17-42-28(38)35-27(40)33-16-15-19-7-9-21(10-8-19)26-34-18-37(36-26)22-11-13-23(14-12-22)41-29(30,31)32/h3-16,18H,2,17H2,1H3,(H,33,40)/b16-15+,35-28-. The van der Waals surface area contributed by atoms with Gasteiger partial charge in [0.25, 0.3) is 0 Å². The molecule has 3 aromatic carbocycles. The number of carbonyl (C=O) groups is 2. The lowest BCUT2D eigenvalue weighted by Gasteiger charge is -2.19. The van der Waals surface area contributed by atoms with E-state index in [-0.39, 0.29) is 17.4 Å². The number of alkyl halides is 3. The number of amides is 3. The molecule has 3 amide bonds. The second-order valence-electron chi connectivity index (χ2n) is 8.85. The lowest BCUT2D eigenvalue weighted by Crippen LogP contribution is -2.31. The van der Waals surface area contributed by atoms with E-state index in [9.17, 15) is 22.8 Å². The van der Waals surface area contributed by atoms with Crippen LogP contribution in [0.4, 0.5) is 23.7 Å². The molecular weight excluding hydrogens is 569 g/mol. The minimum atomic E-state index is -4.76. The summed E-state index contributed by atoms with van der Waals surface area (Å²) in [7, 11) is 0. The zero-order chi connectivity index (χ0) is 29.7. The van der Waals surface area contributed by atoms with Gasteiger partial charge < -0.3 is 10.1 Å². The van der Waals surface area contributed by atoms with Crippen LogP contribution in [0.1, 0.15) is 18.1 Å². The minimum Gasteiger partial charge on any atom is -0.406 e. The van der Waals surface area contributed by atoms with Crippen molar-refractivity contribution in [2.45, 2.75) is 19.7 Å². The van der Waals surface area contributed by atoms with Gasteiger partial charge >= 0.3 is 12.4 Å². The third-order valence-corrected chi connectivity index (χ3v) is 6.98. The Kier molecular flexibility index (Phi) is 8.38. The van der Waals surface area contributed by atoms with Crippen LogP contribution in [-0.2, 0) is 11.2 Å². The number of carbonyl (C=O) groups excluding carboxylic acids is 2. The van der Waals surface area contributed by atoms with Crippen molar-refractivity contribution in [1.82, 2.24) is 20.1 Å². The van der Waals surface area contributed by atoms with Crippen molar-refractivity contribution in [3.05, 3.63) is 96.5 Å². The van der Waals surface area contributed by atoms with E-state index in [0.717, 1.165) is 23.2 Å². The van der Waals surface area contributed by atoms with Gasteiger partial charge in [-0.25, -0.2) is 14.5 Å². The van der Waals surface area contributed by atoms with Gasteiger partial charge in [-0.1, -0.05) is 61.2 Å². The van der Waals surface area contributed by atoms with Crippen LogP contribution in [0.25, 0.3) is 23.2 Å². The minimum absolute atomic E-state index is 0.129. The fourth-order valence-electron chi connectivity index (χ4n) is 4.10. The predicted octanol–water partition coefficient (Wildman–Crippen LogP) is 6.21. The molecule has 1 N–H and O–H groups in total. The van der Waals surface area contributed by atoms with Crippen LogP contribution in [0.2, 0.25) is 0 Å². The summed E-state index contributed by atoms with van der Waals surface area (Å²) in [5, 5.41) is 7.31. The van der Waals surface area contributed by atoms with Gasteiger partial charge in [0.1, 0.15) is 12.1 Å². The van der Waals surface area contributed by atoms with Gasteiger partial charge in [-0.05, 0) is 54.0 Å². The van der Waals surface area contributed by atoms with Gasteiger partial charge in [-0.15, -0.1) is 18.3 Å². The lowest BCUT2D eigenvalue weighted by atomic mass is 10.1. The fraction of sp³-hybridized carbons (Fsp3) is 0.138. The van der Waals surface area contributed by atoms with Crippen molar-refractivity contribution in [3.8, 4) is 22.8 Å². The third-order valence-electron chi connectivity index (χ3n) is 6.05. The molecule has 1 aromatic heterocycles. The van der Waals surface area contributed by atoms with Gasteiger partial charge in [-0.3, -0.25) is 9.69 Å². The molecule has 1 aliphatic rings. The molecule has 214 valence electrons. The van der Waals surface area contributed by atoms with Gasteiger partial charge in [0, 0.05) is 11.8 Å². The molecule has 13 heteroatoms. The second kappa shape index (κ2) is 12.3. The molecule has 5 rings (SSSR count). The first kappa shape index (κ1) is 28.6. The van der Waals surface area contributed by atoms with Crippen molar-refractivity contribution in [2.75, 3.05) is 10.7 Å². The Morgan fingerprint density at radius 1 is 1.10 bits per heavy atom. The van der Waals surface area contributed by atoms with Crippen LogP contribution < -0.4 is 15.0 Å². The lowest BCUT2D eigenvalue weighted by molar-refractivity contribution is -0.274. The Hall–Kier alpha value is -4.91. The van der Waals surface area contributed by atoms with Gasteiger partial charge in [-0.2, -0.15) is 4.99 Å². The molecule has 42 heavy (non-hydrogen) atoms. The molecule has 0 bridgehead atoms. The zero-order valence-electron chi connectivity index (χ0n) is 22.1. The number of thioether (sulfide) groups is 1. The fourth-order valence-corrected chi connectivity index (χ4v) is 4.96. The molecule has 1 aliphatic heterocycles. The molecular formula is C29H23F3N6O3S. The molecule has 0 radical (unpaired) electrons. The molecule has 2 heterocycles. The molecule has 0 atom stereocenters. The van der Waals surface area contributed by atoms with Crippen molar-refractivity contribution >= 4 is 40.6 Å². The Labute approximate surface area is 242 Å². The second-order valence-corrected chi connectivity index (χ2v) is 9.80. The highest BCUT2D eigenvalue weighted by atomic mass is 32.2. The number of urea groups is 1. The summed E-state index contributed by atoms with van der Waals surface area (Å²) < 4.78 is 42.4. The summed E-state index contributed by atoms with van der Waals surface area (Å²) in [5.74, 6) is 0.174. The third kappa shape index (κ3) is 6.86. The van der Waals surface area contributed by atoms with E-state index in [1.54, 1.807) is 18.2 Å². The van der Waals surface area contributed by atoms with Crippen LogP contribution in [0.5, 0.6) is 5.75 Å². The van der Waals surface area contributed by atoms with Crippen molar-refractivity contribution in [2.24, 2.45) is 4.99 Å². The number of aliphatic imine (C=N–C) groups is 1. The first-order valence-corrected chi connectivity index (χ1v) is 13.7. The van der Waals surface area contributed by atoms with Crippen molar-refractivity contribution < 1.29 is 27.5 Å². The number of aromatic nitrogens is 3.